The zero-order chi connectivity index (χ0) is 19.0. The van der Waals surface area contributed by atoms with E-state index in [0.29, 0.717) is 5.92 Å². The minimum atomic E-state index is 0.515. The van der Waals surface area contributed by atoms with E-state index in [-0.39, 0.29) is 0 Å². The molecule has 0 saturated carbocycles. The number of hydrogen-bond donors (Lipinski definition) is 1. The van der Waals surface area contributed by atoms with Crippen LogP contribution in [0.3, 0.4) is 0 Å². The van der Waals surface area contributed by atoms with Crippen LogP contribution in [-0.2, 0) is 0 Å². The predicted molar refractivity (Wildman–Crippen MR) is 110 cm³/mol. The maximum atomic E-state index is 4.57. The van der Waals surface area contributed by atoms with Gasteiger partial charge in [0, 0.05) is 5.69 Å². The van der Waals surface area contributed by atoms with Crippen LogP contribution in [0.4, 0.5) is 11.5 Å². The topological polar surface area (TPSA) is 55.6 Å². The van der Waals surface area contributed by atoms with Crippen LogP contribution in [0.5, 0.6) is 0 Å². The van der Waals surface area contributed by atoms with Gasteiger partial charge in [0.25, 0.3) is 0 Å². The van der Waals surface area contributed by atoms with Crippen molar-refractivity contribution < 1.29 is 0 Å². The third-order valence-corrected chi connectivity index (χ3v) is 4.79. The van der Waals surface area contributed by atoms with Gasteiger partial charge in [0.05, 0.1) is 17.3 Å². The lowest BCUT2D eigenvalue weighted by molar-refractivity contribution is 0.867. The van der Waals surface area contributed by atoms with E-state index in [1.165, 1.54) is 11.1 Å². The SMILES string of the molecule is Cc1ccc(-n2ncc3c(Nc4ccc(C(C)C)cc4)ncnc32)c(C)c1. The van der Waals surface area contributed by atoms with Gasteiger partial charge in [-0.2, -0.15) is 5.10 Å². The van der Waals surface area contributed by atoms with Crippen molar-refractivity contribution in [1.29, 1.82) is 0 Å². The average Bonchev–Trinajstić information content (AvgIpc) is 3.07. The molecule has 0 bridgehead atoms. The first kappa shape index (κ1) is 17.2. The summed E-state index contributed by atoms with van der Waals surface area (Å²) in [7, 11) is 0. The summed E-state index contributed by atoms with van der Waals surface area (Å²) in [5.74, 6) is 1.27. The first-order chi connectivity index (χ1) is 13.0. The van der Waals surface area contributed by atoms with Crippen molar-refractivity contribution in [3.63, 3.8) is 0 Å². The molecule has 4 aromatic rings. The van der Waals surface area contributed by atoms with E-state index in [1.807, 2.05) is 10.9 Å². The highest BCUT2D eigenvalue weighted by atomic mass is 15.3. The Morgan fingerprint density at radius 2 is 1.74 bits per heavy atom. The van der Waals surface area contributed by atoms with Gasteiger partial charge in [-0.1, -0.05) is 43.7 Å². The average molecular weight is 357 g/mol. The molecular weight excluding hydrogens is 334 g/mol. The van der Waals surface area contributed by atoms with Gasteiger partial charge in [-0.25, -0.2) is 14.6 Å². The summed E-state index contributed by atoms with van der Waals surface area (Å²) < 4.78 is 1.87. The van der Waals surface area contributed by atoms with Crippen LogP contribution in [0.2, 0.25) is 0 Å². The van der Waals surface area contributed by atoms with Crippen LogP contribution >= 0.6 is 0 Å². The van der Waals surface area contributed by atoms with E-state index in [1.54, 1.807) is 6.33 Å². The van der Waals surface area contributed by atoms with Crippen molar-refractivity contribution in [3.8, 4) is 5.69 Å². The summed E-state index contributed by atoms with van der Waals surface area (Å²) in [6.45, 7) is 8.56. The van der Waals surface area contributed by atoms with Crippen molar-refractivity contribution in [2.75, 3.05) is 5.32 Å². The molecule has 1 N–H and O–H groups in total. The van der Waals surface area contributed by atoms with Gasteiger partial charge in [0.1, 0.15) is 12.1 Å². The summed E-state index contributed by atoms with van der Waals surface area (Å²) in [5, 5.41) is 8.86. The van der Waals surface area contributed by atoms with Crippen molar-refractivity contribution in [1.82, 2.24) is 19.7 Å². The third-order valence-electron chi connectivity index (χ3n) is 4.79. The summed E-state index contributed by atoms with van der Waals surface area (Å²) in [5.41, 5.74) is 6.53. The number of fused-ring (bicyclic) bond motifs is 1. The Morgan fingerprint density at radius 1 is 0.963 bits per heavy atom. The maximum absolute atomic E-state index is 4.57. The van der Waals surface area contributed by atoms with Gasteiger partial charge in [0.2, 0.25) is 0 Å². The van der Waals surface area contributed by atoms with Crippen LogP contribution in [0, 0.1) is 13.8 Å². The molecule has 2 aromatic heterocycles. The van der Waals surface area contributed by atoms with Gasteiger partial charge in [0.15, 0.2) is 5.65 Å². The smallest absolute Gasteiger partial charge is 0.168 e. The van der Waals surface area contributed by atoms with Crippen LogP contribution < -0.4 is 5.32 Å². The molecule has 2 aromatic carbocycles. The molecule has 4 rings (SSSR count). The van der Waals surface area contributed by atoms with Crippen LogP contribution in [0.15, 0.2) is 55.0 Å². The fourth-order valence-corrected chi connectivity index (χ4v) is 3.25. The van der Waals surface area contributed by atoms with Gasteiger partial charge < -0.3 is 5.32 Å². The maximum Gasteiger partial charge on any atom is 0.168 e. The standard InChI is InChI=1S/C22H23N5/c1-14(2)17-6-8-18(9-7-17)26-21-19-12-25-27(22(19)24-13-23-21)20-10-5-15(3)11-16(20)4/h5-14H,1-4H3,(H,23,24,26). The van der Waals surface area contributed by atoms with E-state index >= 15 is 0 Å². The summed E-state index contributed by atoms with van der Waals surface area (Å²) in [6.07, 6.45) is 3.40. The lowest BCUT2D eigenvalue weighted by atomic mass is 10.0. The normalized spacial score (nSPS) is 11.3. The first-order valence-electron chi connectivity index (χ1n) is 9.16. The molecule has 0 saturated heterocycles. The quantitative estimate of drug-likeness (QED) is 0.538. The first-order valence-corrected chi connectivity index (χ1v) is 9.16. The van der Waals surface area contributed by atoms with Crippen molar-refractivity contribution in [2.24, 2.45) is 0 Å². The van der Waals surface area contributed by atoms with Gasteiger partial charge >= 0.3 is 0 Å². The van der Waals surface area contributed by atoms with Gasteiger partial charge in [-0.05, 0) is 49.1 Å². The second-order valence-electron chi connectivity index (χ2n) is 7.21. The van der Waals surface area contributed by atoms with Gasteiger partial charge in [-0.3, -0.25) is 0 Å². The Bertz CT molecular complexity index is 1090. The molecule has 5 nitrogen and oxygen atoms in total. The minimum Gasteiger partial charge on any atom is -0.340 e. The number of hydrogen-bond acceptors (Lipinski definition) is 4. The van der Waals surface area contributed by atoms with E-state index < -0.39 is 0 Å². The molecular formula is C22H23N5. The lowest BCUT2D eigenvalue weighted by Gasteiger charge is -2.10. The fourth-order valence-electron chi connectivity index (χ4n) is 3.25. The summed E-state index contributed by atoms with van der Waals surface area (Å²) in [4.78, 5) is 8.90. The fraction of sp³-hybridized carbons (Fsp3) is 0.227. The highest BCUT2D eigenvalue weighted by Gasteiger charge is 2.13. The number of benzene rings is 2. The number of nitrogens with zero attached hydrogens (tertiary/aromatic N) is 4. The molecule has 0 unspecified atom stereocenters. The predicted octanol–water partition coefficient (Wildman–Crippen LogP) is 5.30. The number of aromatic nitrogens is 4. The van der Waals surface area contributed by atoms with Crippen molar-refractivity contribution in [3.05, 3.63) is 71.7 Å². The molecule has 0 spiro atoms. The number of aryl methyl sites for hydroxylation is 2. The molecule has 0 aliphatic carbocycles. The van der Waals surface area contributed by atoms with E-state index in [2.05, 4.69) is 90.5 Å². The Balaban J connectivity index is 1.72. The van der Waals surface area contributed by atoms with Crippen molar-refractivity contribution >= 4 is 22.5 Å². The molecule has 0 fully saturated rings. The Morgan fingerprint density at radius 3 is 2.44 bits per heavy atom. The highest BCUT2D eigenvalue weighted by molar-refractivity contribution is 5.89. The Hall–Kier alpha value is -3.21. The van der Waals surface area contributed by atoms with E-state index in [0.717, 1.165) is 33.8 Å². The molecule has 0 atom stereocenters. The zero-order valence-electron chi connectivity index (χ0n) is 16.1. The molecule has 2 heterocycles. The third kappa shape index (κ3) is 3.28. The molecule has 0 radical (unpaired) electrons. The second kappa shape index (κ2) is 6.83. The van der Waals surface area contributed by atoms with E-state index in [4.69, 9.17) is 0 Å². The lowest BCUT2D eigenvalue weighted by Crippen LogP contribution is -2.01. The minimum absolute atomic E-state index is 0.515. The van der Waals surface area contributed by atoms with Gasteiger partial charge in [-0.15, -0.1) is 0 Å². The highest BCUT2D eigenvalue weighted by Crippen LogP contribution is 2.26. The van der Waals surface area contributed by atoms with Crippen LogP contribution in [-0.4, -0.2) is 19.7 Å². The summed E-state index contributed by atoms with van der Waals surface area (Å²) >= 11 is 0. The molecule has 27 heavy (non-hydrogen) atoms. The molecule has 0 amide bonds. The largest absolute Gasteiger partial charge is 0.340 e. The van der Waals surface area contributed by atoms with Crippen LogP contribution in [0.1, 0.15) is 36.5 Å². The number of rotatable bonds is 4. The molecule has 5 heteroatoms. The Labute approximate surface area is 159 Å². The van der Waals surface area contributed by atoms with E-state index in [9.17, 15) is 0 Å². The summed E-state index contributed by atoms with van der Waals surface area (Å²) in [6, 6.07) is 14.8. The zero-order valence-corrected chi connectivity index (χ0v) is 16.1. The Kier molecular flexibility index (Phi) is 4.36. The monoisotopic (exact) mass is 357 g/mol. The number of anilines is 2. The van der Waals surface area contributed by atoms with Crippen molar-refractivity contribution in [2.45, 2.75) is 33.6 Å². The molecule has 0 aliphatic rings. The van der Waals surface area contributed by atoms with Crippen LogP contribution in [0.25, 0.3) is 16.7 Å². The molecule has 0 aliphatic heterocycles. The molecule has 136 valence electrons. The second-order valence-corrected chi connectivity index (χ2v) is 7.21. The number of nitrogens with one attached hydrogen (secondary N) is 1.